The van der Waals surface area contributed by atoms with E-state index in [1.165, 1.54) is 167 Å². The molecule has 0 heterocycles. The Morgan fingerprint density at radius 1 is 0.438 bits per heavy atom. The van der Waals surface area contributed by atoms with E-state index in [-0.39, 0.29) is 48.6 Å². The van der Waals surface area contributed by atoms with E-state index in [9.17, 15) is 9.59 Å². The molecule has 0 fully saturated rings. The third-order valence-corrected chi connectivity index (χ3v) is 9.45. The van der Waals surface area contributed by atoms with E-state index >= 15 is 0 Å². The van der Waals surface area contributed by atoms with Gasteiger partial charge in [-0.2, -0.15) is 0 Å². The zero-order valence-corrected chi connectivity index (χ0v) is 35.2. The highest BCUT2D eigenvalue weighted by Gasteiger charge is 2.23. The van der Waals surface area contributed by atoms with Gasteiger partial charge in [0.1, 0.15) is 13.2 Å². The van der Waals surface area contributed by atoms with Crippen LogP contribution in [0.2, 0.25) is 0 Å². The van der Waals surface area contributed by atoms with Gasteiger partial charge in [-0.1, -0.05) is 194 Å². The Hall–Kier alpha value is -0.370. The van der Waals surface area contributed by atoms with Gasteiger partial charge in [-0.15, -0.1) is 0 Å². The van der Waals surface area contributed by atoms with Gasteiger partial charge in [0.2, 0.25) is 0 Å². The molecule has 0 aromatic rings. The Morgan fingerprint density at radius 2 is 0.708 bits per heavy atom. The minimum atomic E-state index is -0.385. The highest BCUT2D eigenvalue weighted by atomic mass is 127. The summed E-state index contributed by atoms with van der Waals surface area (Å²) in [6.07, 6.45) is 39.9. The van der Waals surface area contributed by atoms with E-state index in [2.05, 4.69) is 35.0 Å². The second-order valence-electron chi connectivity index (χ2n) is 15.7. The summed E-state index contributed by atoms with van der Waals surface area (Å²) in [5.74, 6) is -0.318. The van der Waals surface area contributed by atoms with E-state index in [0.717, 1.165) is 25.7 Å². The van der Waals surface area contributed by atoms with Crippen LogP contribution in [0.25, 0.3) is 0 Å². The van der Waals surface area contributed by atoms with E-state index in [1.807, 2.05) is 0 Å². The van der Waals surface area contributed by atoms with Crippen LogP contribution in [0.3, 0.4) is 0 Å². The lowest BCUT2D eigenvalue weighted by Gasteiger charge is -2.28. The summed E-state index contributed by atoms with van der Waals surface area (Å²) in [6.45, 7) is 5.36. The molecule has 288 valence electrons. The lowest BCUT2D eigenvalue weighted by Crippen LogP contribution is -3.00. The first-order chi connectivity index (χ1) is 22.8. The molecule has 0 amide bonds. The minimum absolute atomic E-state index is 0. The van der Waals surface area contributed by atoms with Crippen LogP contribution in [-0.4, -0.2) is 56.8 Å². The predicted octanol–water partition coefficient (Wildman–Crippen LogP) is 9.67. The number of hydrogen-bond acceptors (Lipinski definition) is 4. The Morgan fingerprint density at radius 3 is 1.00 bits per heavy atom. The van der Waals surface area contributed by atoms with E-state index in [4.69, 9.17) is 9.47 Å². The predicted molar refractivity (Wildman–Crippen MR) is 203 cm³/mol. The van der Waals surface area contributed by atoms with Crippen molar-refractivity contribution in [2.75, 3.05) is 34.3 Å². The number of esters is 2. The number of unbranched alkanes of at least 4 members (excludes halogenated alkanes) is 28. The molecule has 0 rings (SSSR count). The van der Waals surface area contributed by atoms with Crippen molar-refractivity contribution in [3.8, 4) is 0 Å². The third kappa shape index (κ3) is 40.1. The van der Waals surface area contributed by atoms with Crippen LogP contribution in [0.1, 0.15) is 219 Å². The summed E-state index contributed by atoms with van der Waals surface area (Å²) >= 11 is 0. The van der Waals surface area contributed by atoms with E-state index in [0.29, 0.717) is 23.9 Å². The van der Waals surface area contributed by atoms with Crippen LogP contribution in [-0.2, 0) is 19.1 Å². The van der Waals surface area contributed by atoms with Crippen molar-refractivity contribution in [1.82, 2.24) is 0 Å². The van der Waals surface area contributed by atoms with Gasteiger partial charge in [0.25, 0.3) is 0 Å². The fourth-order valence-corrected chi connectivity index (χ4v) is 6.52. The summed E-state index contributed by atoms with van der Waals surface area (Å²) in [6, 6.07) is 0. The third-order valence-electron chi connectivity index (χ3n) is 9.45. The minimum Gasteiger partial charge on any atom is -1.00 e. The maximum atomic E-state index is 12.6. The Kier molecular flexibility index (Phi) is 39.2. The molecule has 0 bridgehead atoms. The zero-order chi connectivity index (χ0) is 34.7. The molecule has 0 aromatic heterocycles. The molecule has 0 aromatic carbocycles. The number of hydrogen-bond donors (Lipinski definition) is 0. The molecular formula is C42H84INO4. The number of halogens is 1. The van der Waals surface area contributed by atoms with E-state index in [1.54, 1.807) is 0 Å². The lowest BCUT2D eigenvalue weighted by atomic mass is 10.0. The normalized spacial score (nSPS) is 12.1. The number of likely N-dealkylation sites (N-methyl/N-ethyl adjacent to an activating group) is 1. The Bertz CT molecular complexity index is 681. The second-order valence-corrected chi connectivity index (χ2v) is 15.7. The lowest BCUT2D eigenvalue weighted by molar-refractivity contribution is -0.873. The molecule has 0 saturated heterocycles. The molecular weight excluding hydrogens is 709 g/mol. The topological polar surface area (TPSA) is 52.6 Å². The highest BCUT2D eigenvalue weighted by molar-refractivity contribution is 5.70. The van der Waals surface area contributed by atoms with Crippen LogP contribution in [0.5, 0.6) is 0 Å². The largest absolute Gasteiger partial charge is 1.00 e. The average Bonchev–Trinajstić information content (AvgIpc) is 3.03. The first kappa shape index (κ1) is 49.7. The van der Waals surface area contributed by atoms with Crippen molar-refractivity contribution in [2.24, 2.45) is 0 Å². The number of quaternary nitrogens is 1. The van der Waals surface area contributed by atoms with Crippen molar-refractivity contribution in [3.05, 3.63) is 0 Å². The second kappa shape index (κ2) is 37.9. The summed E-state index contributed by atoms with van der Waals surface area (Å²) < 4.78 is 12.0. The van der Waals surface area contributed by atoms with Crippen molar-refractivity contribution in [3.63, 3.8) is 0 Å². The van der Waals surface area contributed by atoms with Crippen molar-refractivity contribution in [1.29, 1.82) is 0 Å². The maximum absolute atomic E-state index is 12.6. The van der Waals surface area contributed by atoms with Gasteiger partial charge < -0.3 is 37.9 Å². The van der Waals surface area contributed by atoms with Gasteiger partial charge in [-0.25, -0.2) is 0 Å². The van der Waals surface area contributed by atoms with E-state index < -0.39 is 0 Å². The molecule has 1 atom stereocenters. The monoisotopic (exact) mass is 794 g/mol. The molecule has 0 N–H and O–H groups in total. The summed E-state index contributed by atoms with van der Waals surface area (Å²) in [5.41, 5.74) is 0. The fourth-order valence-electron chi connectivity index (χ4n) is 6.52. The van der Waals surface area contributed by atoms with Gasteiger partial charge in [0.05, 0.1) is 21.1 Å². The molecule has 0 aliphatic heterocycles. The van der Waals surface area contributed by atoms with Gasteiger partial charge in [0, 0.05) is 12.8 Å². The molecule has 5 nitrogen and oxygen atoms in total. The molecule has 0 radical (unpaired) electrons. The first-order valence-electron chi connectivity index (χ1n) is 20.9. The molecule has 1 unspecified atom stereocenters. The summed E-state index contributed by atoms with van der Waals surface area (Å²) in [4.78, 5) is 25.0. The summed E-state index contributed by atoms with van der Waals surface area (Å²) in [5, 5.41) is 0. The van der Waals surface area contributed by atoms with Crippen LogP contribution < -0.4 is 24.0 Å². The number of carbonyl (C=O) groups excluding carboxylic acids is 2. The fraction of sp³-hybridized carbons (Fsp3) is 0.952. The number of ether oxygens (including phenoxy) is 2. The highest BCUT2D eigenvalue weighted by Crippen LogP contribution is 2.16. The van der Waals surface area contributed by atoms with Crippen LogP contribution in [0.4, 0.5) is 0 Å². The van der Waals surface area contributed by atoms with Crippen molar-refractivity contribution in [2.45, 2.75) is 225 Å². The smallest absolute Gasteiger partial charge is 0.306 e. The Balaban J connectivity index is 0. The first-order valence-corrected chi connectivity index (χ1v) is 20.9. The maximum Gasteiger partial charge on any atom is 0.306 e. The molecule has 0 aliphatic carbocycles. The zero-order valence-electron chi connectivity index (χ0n) is 33.1. The SMILES string of the molecule is CCCCCCCCCCCCCCCCCC(=O)OCC(C[N+](C)(C)C)OC(=O)CCCCCCCCCCCCCCCCC.[I-]. The van der Waals surface area contributed by atoms with Gasteiger partial charge >= 0.3 is 11.9 Å². The number of nitrogens with zero attached hydrogens (tertiary/aromatic N) is 1. The van der Waals surface area contributed by atoms with Gasteiger partial charge in [-0.05, 0) is 12.8 Å². The quantitative estimate of drug-likeness (QED) is 0.0272. The Labute approximate surface area is 317 Å². The number of rotatable bonds is 37. The molecule has 0 saturated carbocycles. The van der Waals surface area contributed by atoms with Gasteiger partial charge in [0.15, 0.2) is 6.10 Å². The van der Waals surface area contributed by atoms with Crippen molar-refractivity contribution < 1.29 is 47.5 Å². The number of carbonyl (C=O) groups is 2. The molecule has 6 heteroatoms. The molecule has 0 aliphatic rings. The summed E-state index contributed by atoms with van der Waals surface area (Å²) in [7, 11) is 6.23. The standard InChI is InChI=1S/C42H84NO4.HI/c1-6-8-10-12-14-16-18-20-22-24-26-28-30-32-34-36-41(44)46-39-40(38-43(3,4)5)47-42(45)37-35-33-31-29-27-25-23-21-19-17-15-13-11-9-7-2;/h40H,6-39H2,1-5H3;1H/q+1;/p-1. The van der Waals surface area contributed by atoms with Gasteiger partial charge in [-0.3, -0.25) is 9.59 Å². The van der Waals surface area contributed by atoms with Crippen LogP contribution in [0, 0.1) is 0 Å². The molecule has 48 heavy (non-hydrogen) atoms. The van der Waals surface area contributed by atoms with Crippen LogP contribution >= 0.6 is 0 Å². The van der Waals surface area contributed by atoms with Crippen LogP contribution in [0.15, 0.2) is 0 Å². The van der Waals surface area contributed by atoms with Crippen molar-refractivity contribution >= 4 is 11.9 Å². The molecule has 0 spiro atoms. The average molecular weight is 794 g/mol.